The molecule has 0 aromatic carbocycles. The van der Waals surface area contributed by atoms with Gasteiger partial charge in [-0.25, -0.2) is 4.98 Å². The number of rotatable bonds is 3. The lowest BCUT2D eigenvalue weighted by Crippen LogP contribution is -2.39. The van der Waals surface area contributed by atoms with E-state index in [9.17, 15) is 4.79 Å². The SMILES string of the molecule is Cc1csc(C(C)NC(=O)[C@@H](C)N)n1. The molecule has 14 heavy (non-hydrogen) atoms. The van der Waals surface area contributed by atoms with E-state index >= 15 is 0 Å². The summed E-state index contributed by atoms with van der Waals surface area (Å²) in [6.45, 7) is 5.49. The average Bonchev–Trinajstić information content (AvgIpc) is 2.51. The van der Waals surface area contributed by atoms with Crippen molar-refractivity contribution >= 4 is 17.2 Å². The van der Waals surface area contributed by atoms with Crippen molar-refractivity contribution in [3.05, 3.63) is 16.1 Å². The highest BCUT2D eigenvalue weighted by Gasteiger charge is 2.14. The van der Waals surface area contributed by atoms with Crippen LogP contribution in [0.15, 0.2) is 5.38 Å². The van der Waals surface area contributed by atoms with Gasteiger partial charge in [-0.2, -0.15) is 0 Å². The van der Waals surface area contributed by atoms with Crippen LogP contribution < -0.4 is 11.1 Å². The van der Waals surface area contributed by atoms with E-state index in [-0.39, 0.29) is 11.9 Å². The van der Waals surface area contributed by atoms with Crippen molar-refractivity contribution in [2.24, 2.45) is 5.73 Å². The second-order valence-electron chi connectivity index (χ2n) is 3.35. The molecule has 0 aliphatic heterocycles. The molecule has 3 N–H and O–H groups in total. The first kappa shape index (κ1) is 11.1. The minimum Gasteiger partial charge on any atom is -0.346 e. The number of nitrogens with one attached hydrogen (secondary N) is 1. The Bertz CT molecular complexity index is 322. The molecule has 1 unspecified atom stereocenters. The molecule has 5 heteroatoms. The molecule has 78 valence electrons. The number of carbonyl (C=O) groups is 1. The highest BCUT2D eigenvalue weighted by molar-refractivity contribution is 7.09. The Hall–Kier alpha value is -0.940. The zero-order valence-electron chi connectivity index (χ0n) is 8.57. The molecular weight excluding hydrogens is 198 g/mol. The van der Waals surface area contributed by atoms with Crippen LogP contribution in [0.25, 0.3) is 0 Å². The minimum atomic E-state index is -0.474. The number of aryl methyl sites for hydroxylation is 1. The van der Waals surface area contributed by atoms with E-state index in [2.05, 4.69) is 10.3 Å². The molecule has 0 saturated carbocycles. The summed E-state index contributed by atoms with van der Waals surface area (Å²) < 4.78 is 0. The van der Waals surface area contributed by atoms with Gasteiger partial charge in [-0.15, -0.1) is 11.3 Å². The number of hydrogen-bond donors (Lipinski definition) is 2. The molecule has 0 aliphatic carbocycles. The van der Waals surface area contributed by atoms with Crippen LogP contribution in [0.2, 0.25) is 0 Å². The van der Waals surface area contributed by atoms with Gasteiger partial charge < -0.3 is 11.1 Å². The molecule has 1 amide bonds. The van der Waals surface area contributed by atoms with Crippen LogP contribution in [-0.4, -0.2) is 16.9 Å². The minimum absolute atomic E-state index is 0.0628. The van der Waals surface area contributed by atoms with E-state index in [1.807, 2.05) is 19.2 Å². The predicted octanol–water partition coefficient (Wildman–Crippen LogP) is 0.976. The third kappa shape index (κ3) is 2.78. The molecule has 0 saturated heterocycles. The van der Waals surface area contributed by atoms with E-state index in [1.54, 1.807) is 18.3 Å². The molecule has 1 heterocycles. The van der Waals surface area contributed by atoms with E-state index in [0.717, 1.165) is 10.7 Å². The molecule has 0 radical (unpaired) electrons. The first-order valence-corrected chi connectivity index (χ1v) is 5.36. The monoisotopic (exact) mass is 213 g/mol. The van der Waals surface area contributed by atoms with E-state index in [1.165, 1.54) is 0 Å². The zero-order valence-corrected chi connectivity index (χ0v) is 9.39. The van der Waals surface area contributed by atoms with Gasteiger partial charge in [-0.3, -0.25) is 4.79 Å². The standard InChI is InChI=1S/C9H15N3OS/c1-5-4-14-9(11-5)7(3)12-8(13)6(2)10/h4,6-7H,10H2,1-3H3,(H,12,13)/t6-,7?/m1/s1. The number of amides is 1. The highest BCUT2D eigenvalue weighted by atomic mass is 32.1. The van der Waals surface area contributed by atoms with Gasteiger partial charge in [0.15, 0.2) is 0 Å². The number of aromatic nitrogens is 1. The average molecular weight is 213 g/mol. The van der Waals surface area contributed by atoms with Crippen LogP contribution in [0.3, 0.4) is 0 Å². The van der Waals surface area contributed by atoms with Crippen LogP contribution in [0, 0.1) is 6.92 Å². The molecule has 1 aromatic heterocycles. The molecule has 4 nitrogen and oxygen atoms in total. The van der Waals surface area contributed by atoms with Gasteiger partial charge in [0.2, 0.25) is 5.91 Å². The summed E-state index contributed by atoms with van der Waals surface area (Å²) in [7, 11) is 0. The van der Waals surface area contributed by atoms with Crippen LogP contribution in [0.5, 0.6) is 0 Å². The molecule has 0 spiro atoms. The lowest BCUT2D eigenvalue weighted by atomic mass is 10.3. The lowest BCUT2D eigenvalue weighted by Gasteiger charge is -2.12. The second-order valence-corrected chi connectivity index (χ2v) is 4.24. The van der Waals surface area contributed by atoms with Crippen molar-refractivity contribution in [2.45, 2.75) is 32.9 Å². The largest absolute Gasteiger partial charge is 0.346 e. The molecule has 2 atom stereocenters. The summed E-state index contributed by atoms with van der Waals surface area (Å²) in [4.78, 5) is 15.6. The normalized spacial score (nSPS) is 14.9. The third-order valence-electron chi connectivity index (χ3n) is 1.78. The van der Waals surface area contributed by atoms with Gasteiger partial charge in [0.1, 0.15) is 5.01 Å². The van der Waals surface area contributed by atoms with Crippen LogP contribution >= 0.6 is 11.3 Å². The molecule has 0 fully saturated rings. The van der Waals surface area contributed by atoms with Crippen LogP contribution in [0.4, 0.5) is 0 Å². The summed E-state index contributed by atoms with van der Waals surface area (Å²) in [5.41, 5.74) is 6.42. The van der Waals surface area contributed by atoms with Crippen molar-refractivity contribution in [3.8, 4) is 0 Å². The summed E-state index contributed by atoms with van der Waals surface area (Å²) in [6, 6.07) is -0.536. The topological polar surface area (TPSA) is 68.0 Å². The maximum atomic E-state index is 11.3. The van der Waals surface area contributed by atoms with Crippen LogP contribution in [0.1, 0.15) is 30.6 Å². The Labute approximate surface area is 87.5 Å². The van der Waals surface area contributed by atoms with Crippen molar-refractivity contribution in [1.82, 2.24) is 10.3 Å². The van der Waals surface area contributed by atoms with E-state index < -0.39 is 6.04 Å². The fraction of sp³-hybridized carbons (Fsp3) is 0.556. The van der Waals surface area contributed by atoms with Crippen molar-refractivity contribution < 1.29 is 4.79 Å². The molecular formula is C9H15N3OS. The van der Waals surface area contributed by atoms with Crippen molar-refractivity contribution in [2.75, 3.05) is 0 Å². The maximum Gasteiger partial charge on any atom is 0.237 e. The van der Waals surface area contributed by atoms with Crippen LogP contribution in [-0.2, 0) is 4.79 Å². The lowest BCUT2D eigenvalue weighted by molar-refractivity contribution is -0.122. The Morgan fingerprint density at radius 2 is 2.29 bits per heavy atom. The maximum absolute atomic E-state index is 11.3. The first-order valence-electron chi connectivity index (χ1n) is 4.48. The Morgan fingerprint density at radius 1 is 1.64 bits per heavy atom. The number of carbonyl (C=O) groups excluding carboxylic acids is 1. The van der Waals surface area contributed by atoms with Gasteiger partial charge in [0.25, 0.3) is 0 Å². The van der Waals surface area contributed by atoms with Gasteiger partial charge in [-0.1, -0.05) is 0 Å². The Kier molecular flexibility index (Phi) is 3.60. The summed E-state index contributed by atoms with van der Waals surface area (Å²) in [5.74, 6) is -0.148. The zero-order chi connectivity index (χ0) is 10.7. The number of nitrogens with zero attached hydrogens (tertiary/aromatic N) is 1. The molecule has 0 bridgehead atoms. The highest BCUT2D eigenvalue weighted by Crippen LogP contribution is 2.17. The quantitative estimate of drug-likeness (QED) is 0.786. The van der Waals surface area contributed by atoms with Gasteiger partial charge in [-0.05, 0) is 20.8 Å². The number of thiazole rings is 1. The molecule has 0 aliphatic rings. The van der Waals surface area contributed by atoms with Gasteiger partial charge >= 0.3 is 0 Å². The fourth-order valence-corrected chi connectivity index (χ4v) is 1.78. The number of hydrogen-bond acceptors (Lipinski definition) is 4. The van der Waals surface area contributed by atoms with Gasteiger partial charge in [0, 0.05) is 11.1 Å². The molecule has 1 rings (SSSR count). The summed E-state index contributed by atoms with van der Waals surface area (Å²) in [6.07, 6.45) is 0. The van der Waals surface area contributed by atoms with Crippen molar-refractivity contribution in [1.29, 1.82) is 0 Å². The second kappa shape index (κ2) is 4.52. The van der Waals surface area contributed by atoms with Crippen molar-refractivity contribution in [3.63, 3.8) is 0 Å². The smallest absolute Gasteiger partial charge is 0.237 e. The summed E-state index contributed by atoms with van der Waals surface area (Å²) >= 11 is 1.54. The third-order valence-corrected chi connectivity index (χ3v) is 2.92. The van der Waals surface area contributed by atoms with E-state index in [0.29, 0.717) is 0 Å². The summed E-state index contributed by atoms with van der Waals surface area (Å²) in [5, 5.41) is 5.67. The fourth-order valence-electron chi connectivity index (χ4n) is 0.978. The van der Waals surface area contributed by atoms with Gasteiger partial charge in [0.05, 0.1) is 12.1 Å². The first-order chi connectivity index (χ1) is 6.50. The predicted molar refractivity (Wildman–Crippen MR) is 57.1 cm³/mol. The Morgan fingerprint density at radius 3 is 2.71 bits per heavy atom. The Balaban J connectivity index is 2.59. The molecule has 1 aromatic rings. The van der Waals surface area contributed by atoms with E-state index in [4.69, 9.17) is 5.73 Å². The number of nitrogens with two attached hydrogens (primary N) is 1.